The van der Waals surface area contributed by atoms with Gasteiger partial charge in [-0.25, -0.2) is 4.98 Å². The number of fused-ring (bicyclic) bond motifs is 6. The summed E-state index contributed by atoms with van der Waals surface area (Å²) in [7, 11) is 0. The van der Waals surface area contributed by atoms with E-state index < -0.39 is 0 Å². The van der Waals surface area contributed by atoms with Gasteiger partial charge in [0.1, 0.15) is 11.0 Å². The van der Waals surface area contributed by atoms with Gasteiger partial charge in [-0.3, -0.25) is 4.98 Å². The summed E-state index contributed by atoms with van der Waals surface area (Å²) in [5.74, 6) is 0. The zero-order valence-electron chi connectivity index (χ0n) is 13.4. The average Bonchev–Trinajstić information content (AvgIpc) is 3.20. The van der Waals surface area contributed by atoms with Crippen LogP contribution in [0, 0.1) is 0 Å². The Balaban J connectivity index is 1.82. The molecule has 3 nitrogen and oxygen atoms in total. The first-order valence-corrected chi connectivity index (χ1v) is 8.42. The van der Waals surface area contributed by atoms with E-state index in [-0.39, 0.29) is 0 Å². The number of hydrogen-bond acceptors (Lipinski definition) is 1. The number of nitrogens with one attached hydrogen (secondary N) is 1. The van der Waals surface area contributed by atoms with Gasteiger partial charge in [0.15, 0.2) is 0 Å². The molecule has 0 aliphatic heterocycles. The van der Waals surface area contributed by atoms with Crippen LogP contribution < -0.4 is 4.40 Å². The van der Waals surface area contributed by atoms with Crippen molar-refractivity contribution in [1.29, 1.82) is 0 Å². The molecular formula is C22H14N3+. The Bertz CT molecular complexity index is 1380. The number of H-pyrrole nitrogens is 1. The molecule has 0 unspecified atom stereocenters. The Kier molecular flexibility index (Phi) is 2.35. The number of pyridine rings is 2. The van der Waals surface area contributed by atoms with Gasteiger partial charge in [-0.05, 0) is 42.5 Å². The van der Waals surface area contributed by atoms with E-state index in [1.807, 2.05) is 30.6 Å². The van der Waals surface area contributed by atoms with Crippen LogP contribution in [-0.2, 0) is 0 Å². The van der Waals surface area contributed by atoms with Crippen LogP contribution in [0.3, 0.4) is 0 Å². The molecular weight excluding hydrogens is 306 g/mol. The van der Waals surface area contributed by atoms with Crippen LogP contribution in [0.5, 0.6) is 0 Å². The van der Waals surface area contributed by atoms with Gasteiger partial charge in [0.25, 0.3) is 5.65 Å². The van der Waals surface area contributed by atoms with Crippen LogP contribution in [0.25, 0.3) is 49.5 Å². The quantitative estimate of drug-likeness (QED) is 0.437. The Morgan fingerprint density at radius 2 is 1.56 bits per heavy atom. The number of rotatable bonds is 1. The van der Waals surface area contributed by atoms with Crippen molar-refractivity contribution in [1.82, 2.24) is 9.97 Å². The lowest BCUT2D eigenvalue weighted by atomic mass is 10.1. The van der Waals surface area contributed by atoms with Crippen LogP contribution in [-0.4, -0.2) is 9.97 Å². The smallest absolute Gasteiger partial charge is 0.256 e. The number of aromatic nitrogens is 3. The summed E-state index contributed by atoms with van der Waals surface area (Å²) in [6.45, 7) is 0. The van der Waals surface area contributed by atoms with Crippen molar-refractivity contribution in [2.45, 2.75) is 0 Å². The highest BCUT2D eigenvalue weighted by molar-refractivity contribution is 6.17. The van der Waals surface area contributed by atoms with Crippen LogP contribution >= 0.6 is 0 Å². The highest BCUT2D eigenvalue weighted by atomic mass is 15.0. The molecule has 0 radical (unpaired) electrons. The molecule has 0 atom stereocenters. The molecule has 0 aliphatic carbocycles. The third-order valence-electron chi connectivity index (χ3n) is 5.09. The van der Waals surface area contributed by atoms with Gasteiger partial charge in [-0.2, -0.15) is 4.40 Å². The second-order valence-corrected chi connectivity index (χ2v) is 6.42. The van der Waals surface area contributed by atoms with Crippen molar-refractivity contribution >= 4 is 38.2 Å². The van der Waals surface area contributed by atoms with E-state index in [0.717, 1.165) is 16.9 Å². The Hall–Kier alpha value is -3.46. The van der Waals surface area contributed by atoms with Crippen molar-refractivity contribution in [3.63, 3.8) is 0 Å². The van der Waals surface area contributed by atoms with Crippen molar-refractivity contribution in [3.8, 4) is 11.3 Å². The van der Waals surface area contributed by atoms with Crippen molar-refractivity contribution < 1.29 is 4.40 Å². The first-order valence-electron chi connectivity index (χ1n) is 8.42. The van der Waals surface area contributed by atoms with Gasteiger partial charge in [0, 0.05) is 27.9 Å². The second kappa shape index (κ2) is 4.54. The fourth-order valence-electron chi connectivity index (χ4n) is 4.03. The van der Waals surface area contributed by atoms with Crippen LogP contribution in [0.4, 0.5) is 0 Å². The first-order chi connectivity index (χ1) is 12.4. The molecule has 0 saturated carbocycles. The van der Waals surface area contributed by atoms with Gasteiger partial charge in [-0.1, -0.05) is 24.3 Å². The lowest BCUT2D eigenvalue weighted by molar-refractivity contribution is -0.446. The average molecular weight is 320 g/mol. The summed E-state index contributed by atoms with van der Waals surface area (Å²) in [6.07, 6.45) is 3.88. The van der Waals surface area contributed by atoms with Gasteiger partial charge in [0.2, 0.25) is 0 Å². The van der Waals surface area contributed by atoms with Gasteiger partial charge < -0.3 is 0 Å². The second-order valence-electron chi connectivity index (χ2n) is 6.42. The molecule has 2 aromatic carbocycles. The molecule has 6 rings (SSSR count). The third kappa shape index (κ3) is 1.59. The summed E-state index contributed by atoms with van der Waals surface area (Å²) in [5.41, 5.74) is 5.74. The van der Waals surface area contributed by atoms with Crippen LogP contribution in [0.1, 0.15) is 0 Å². The van der Waals surface area contributed by atoms with Gasteiger partial charge in [-0.15, -0.1) is 0 Å². The predicted octanol–water partition coefficient (Wildman–Crippen LogP) is 4.71. The topological polar surface area (TPSA) is 32.8 Å². The van der Waals surface area contributed by atoms with Crippen LogP contribution in [0.2, 0.25) is 0 Å². The molecule has 0 saturated heterocycles. The lowest BCUT2D eigenvalue weighted by Gasteiger charge is -1.98. The molecule has 116 valence electrons. The summed E-state index contributed by atoms with van der Waals surface area (Å²) in [6, 6.07) is 23.4. The van der Waals surface area contributed by atoms with E-state index in [2.05, 4.69) is 62.9 Å². The summed E-state index contributed by atoms with van der Waals surface area (Å²) in [4.78, 5) is 8.01. The Morgan fingerprint density at radius 3 is 2.44 bits per heavy atom. The molecule has 6 aromatic rings. The van der Waals surface area contributed by atoms with Crippen molar-refractivity contribution in [3.05, 3.63) is 79.1 Å². The largest absolute Gasteiger partial charge is 0.292 e. The molecule has 4 aromatic heterocycles. The minimum absolute atomic E-state index is 0.982. The molecule has 0 bridgehead atoms. The molecule has 0 spiro atoms. The van der Waals surface area contributed by atoms with E-state index in [0.29, 0.717) is 0 Å². The summed E-state index contributed by atoms with van der Waals surface area (Å²) >= 11 is 0. The molecule has 0 aliphatic rings. The monoisotopic (exact) mass is 320 g/mol. The SMILES string of the molecule is c1ccc(-c2c[nH]c3c(c2)c2cccc4c5ccccc5[n+]3c42)nc1. The minimum Gasteiger partial charge on any atom is -0.256 e. The predicted molar refractivity (Wildman–Crippen MR) is 101 cm³/mol. The van der Waals surface area contributed by atoms with E-state index in [1.165, 1.54) is 32.6 Å². The molecule has 1 N–H and O–H groups in total. The highest BCUT2D eigenvalue weighted by Gasteiger charge is 2.23. The standard InChI is InChI=1S/C22H13N3/c1-2-10-20-15(6-1)16-7-5-8-17-18-12-14(19-9-3-4-11-23-19)13-24-22(18)25(20)21(16)17/h1-13H/p+1. The molecule has 4 heterocycles. The van der Waals surface area contributed by atoms with Crippen LogP contribution in [0.15, 0.2) is 79.1 Å². The lowest BCUT2D eigenvalue weighted by Crippen LogP contribution is -2.17. The summed E-state index contributed by atoms with van der Waals surface area (Å²) in [5, 5.41) is 5.11. The van der Waals surface area contributed by atoms with Gasteiger partial charge >= 0.3 is 0 Å². The van der Waals surface area contributed by atoms with Gasteiger partial charge in [0.05, 0.1) is 17.3 Å². The first kappa shape index (κ1) is 12.9. The van der Waals surface area contributed by atoms with Crippen molar-refractivity contribution in [2.24, 2.45) is 0 Å². The Labute approximate surface area is 143 Å². The number of benzene rings is 2. The van der Waals surface area contributed by atoms with E-state index in [9.17, 15) is 0 Å². The maximum Gasteiger partial charge on any atom is 0.292 e. The molecule has 0 amide bonds. The third-order valence-corrected chi connectivity index (χ3v) is 5.09. The van der Waals surface area contributed by atoms with E-state index >= 15 is 0 Å². The van der Waals surface area contributed by atoms with E-state index in [4.69, 9.17) is 0 Å². The highest BCUT2D eigenvalue weighted by Crippen LogP contribution is 2.34. The zero-order valence-corrected chi connectivity index (χ0v) is 13.4. The van der Waals surface area contributed by atoms with E-state index in [1.54, 1.807) is 0 Å². The fraction of sp³-hybridized carbons (Fsp3) is 0. The summed E-state index contributed by atoms with van der Waals surface area (Å²) < 4.78 is 2.34. The normalized spacial score (nSPS) is 12.0. The molecule has 25 heavy (non-hydrogen) atoms. The zero-order chi connectivity index (χ0) is 16.4. The minimum atomic E-state index is 0.982. The molecule has 0 fully saturated rings. The fourth-order valence-corrected chi connectivity index (χ4v) is 4.03. The maximum absolute atomic E-state index is 4.48. The van der Waals surface area contributed by atoms with Crippen molar-refractivity contribution in [2.75, 3.05) is 0 Å². The molecule has 3 heteroatoms. The maximum atomic E-state index is 4.48. The number of nitrogens with zero attached hydrogens (tertiary/aromatic N) is 2. The Morgan fingerprint density at radius 1 is 0.760 bits per heavy atom. The number of aromatic amines is 1. The number of para-hydroxylation sites is 2. The number of hydrogen-bond donors (Lipinski definition) is 1.